The van der Waals surface area contributed by atoms with Crippen LogP contribution in [0.2, 0.25) is 0 Å². The molecular formula is C55H49Br2N9O5. The third-order valence-corrected chi connectivity index (χ3v) is 13.2. The van der Waals surface area contributed by atoms with Crippen molar-refractivity contribution in [2.24, 2.45) is 0 Å². The maximum Gasteiger partial charge on any atom is 0.417 e. The maximum absolute atomic E-state index is 12.8. The lowest BCUT2D eigenvalue weighted by molar-refractivity contribution is 0.0189. The van der Waals surface area contributed by atoms with Gasteiger partial charge in [-0.05, 0) is 124 Å². The molecule has 14 nitrogen and oxygen atoms in total. The minimum absolute atomic E-state index is 0.0347. The summed E-state index contributed by atoms with van der Waals surface area (Å²) in [7, 11) is 0. The van der Waals surface area contributed by atoms with E-state index in [1.54, 1.807) is 45.6 Å². The Bertz CT molecular complexity index is 3320. The number of halogens is 2. The number of amides is 4. The lowest BCUT2D eigenvalue weighted by Gasteiger charge is -2.27. The summed E-state index contributed by atoms with van der Waals surface area (Å²) >= 11 is 6.80. The number of rotatable bonds is 7. The zero-order valence-corrected chi connectivity index (χ0v) is 42.8. The number of hydrogen-bond acceptors (Lipinski definition) is 10. The minimum Gasteiger partial charge on any atom is -0.443 e. The summed E-state index contributed by atoms with van der Waals surface area (Å²) in [6.45, 7) is 10.6. The van der Waals surface area contributed by atoms with Gasteiger partial charge < -0.3 is 19.9 Å². The van der Waals surface area contributed by atoms with Gasteiger partial charge in [0.05, 0.1) is 17.6 Å². The highest BCUT2D eigenvalue weighted by Gasteiger charge is 2.43. The molecule has 71 heavy (non-hydrogen) atoms. The van der Waals surface area contributed by atoms with E-state index in [0.717, 1.165) is 71.5 Å². The number of nitrogens with one attached hydrogen (secondary N) is 2. The number of aryl methyl sites for hydroxylation is 2. The van der Waals surface area contributed by atoms with Crippen LogP contribution in [0.25, 0.3) is 33.8 Å². The molecule has 16 heteroatoms. The van der Waals surface area contributed by atoms with Crippen molar-refractivity contribution >= 4 is 66.8 Å². The van der Waals surface area contributed by atoms with Crippen LogP contribution < -0.4 is 10.6 Å². The zero-order chi connectivity index (χ0) is 50.0. The molecule has 3 aliphatic heterocycles. The second kappa shape index (κ2) is 20.5. The minimum atomic E-state index is -0.663. The number of imide groups is 1. The molecule has 358 valence electrons. The van der Waals surface area contributed by atoms with Gasteiger partial charge in [-0.1, -0.05) is 98.6 Å². The molecular weight excluding hydrogens is 1030 g/mol. The highest BCUT2D eigenvalue weighted by atomic mass is 79.9. The van der Waals surface area contributed by atoms with Crippen molar-refractivity contribution in [3.63, 3.8) is 0 Å². The number of imidazole rings is 1. The van der Waals surface area contributed by atoms with Crippen LogP contribution in [0.5, 0.6) is 0 Å². The van der Waals surface area contributed by atoms with E-state index < -0.39 is 11.7 Å². The third-order valence-electron chi connectivity index (χ3n) is 12.2. The summed E-state index contributed by atoms with van der Waals surface area (Å²) in [5.74, 6) is 1.14. The van der Waals surface area contributed by atoms with Gasteiger partial charge in [0.25, 0.3) is 17.7 Å². The first-order valence-corrected chi connectivity index (χ1v) is 24.7. The van der Waals surface area contributed by atoms with Crippen LogP contribution in [-0.4, -0.2) is 63.8 Å². The molecule has 0 radical (unpaired) electrons. The Morgan fingerprint density at radius 2 is 1.38 bits per heavy atom. The summed E-state index contributed by atoms with van der Waals surface area (Å²) in [5.41, 5.74) is 10.4. The lowest BCUT2D eigenvalue weighted by Crippen LogP contribution is -2.39. The Hall–Kier alpha value is -7.43. The topological polar surface area (TPSA) is 174 Å². The first kappa shape index (κ1) is 48.6. The average Bonchev–Trinajstić information content (AvgIpc) is 4.09. The van der Waals surface area contributed by atoms with E-state index in [1.807, 2.05) is 102 Å². The zero-order valence-electron chi connectivity index (χ0n) is 39.6. The van der Waals surface area contributed by atoms with Crippen molar-refractivity contribution in [3.05, 3.63) is 193 Å². The SMILES string of the molecule is CC(C)(C)OC(=O)N1C(=O)c2ccc(Br)cc2C1Cc1ccccc1.CCn1c(-c2cnc(C)nc2)nc2c(-c3ccc4c(c3)C(Cc3ccccc3)NC4=O)ncnc21.O=C1NCc2cc(Br)ccc21. The number of fused-ring (bicyclic) bond motifs is 4. The van der Waals surface area contributed by atoms with Crippen LogP contribution in [0, 0.1) is 6.92 Å². The smallest absolute Gasteiger partial charge is 0.417 e. The van der Waals surface area contributed by atoms with E-state index >= 15 is 0 Å². The van der Waals surface area contributed by atoms with Crippen molar-refractivity contribution in [2.45, 2.75) is 78.2 Å². The summed E-state index contributed by atoms with van der Waals surface area (Å²) in [6.07, 6.45) is 5.80. The number of hydrogen-bond donors (Lipinski definition) is 2. The molecule has 3 aliphatic rings. The molecule has 4 amide bonds. The van der Waals surface area contributed by atoms with Gasteiger partial charge >= 0.3 is 6.09 Å². The Balaban J connectivity index is 0.000000150. The Morgan fingerprint density at radius 1 is 0.732 bits per heavy atom. The molecule has 8 aromatic rings. The van der Waals surface area contributed by atoms with Crippen molar-refractivity contribution in [2.75, 3.05) is 0 Å². The normalized spacial score (nSPS) is 15.4. The Morgan fingerprint density at radius 3 is 2.06 bits per heavy atom. The van der Waals surface area contributed by atoms with Gasteiger partial charge in [-0.3, -0.25) is 14.4 Å². The van der Waals surface area contributed by atoms with E-state index in [2.05, 4.69) is 87.6 Å². The quantitative estimate of drug-likeness (QED) is 0.156. The molecule has 6 heterocycles. The monoisotopic (exact) mass is 1070 g/mol. The van der Waals surface area contributed by atoms with E-state index in [1.165, 1.54) is 10.5 Å². The van der Waals surface area contributed by atoms with Gasteiger partial charge in [0, 0.05) is 56.7 Å². The maximum atomic E-state index is 12.8. The highest BCUT2D eigenvalue weighted by Crippen LogP contribution is 2.39. The first-order valence-electron chi connectivity index (χ1n) is 23.1. The van der Waals surface area contributed by atoms with Gasteiger partial charge in [0.2, 0.25) is 0 Å². The molecule has 0 saturated carbocycles. The number of carbonyl (C=O) groups is 4. The number of carbonyl (C=O) groups excluding carboxylic acids is 4. The summed E-state index contributed by atoms with van der Waals surface area (Å²) in [6, 6.07) is 36.6. The molecule has 0 aliphatic carbocycles. The molecule has 0 saturated heterocycles. The fourth-order valence-corrected chi connectivity index (χ4v) is 9.67. The molecule has 5 aromatic carbocycles. The fourth-order valence-electron chi connectivity index (χ4n) is 8.88. The predicted octanol–water partition coefficient (Wildman–Crippen LogP) is 11.1. The van der Waals surface area contributed by atoms with Crippen LogP contribution in [0.3, 0.4) is 0 Å². The summed E-state index contributed by atoms with van der Waals surface area (Å²) < 4.78 is 9.42. The molecule has 2 N–H and O–H groups in total. The van der Waals surface area contributed by atoms with Crippen LogP contribution in [-0.2, 0) is 30.7 Å². The van der Waals surface area contributed by atoms with Crippen molar-refractivity contribution < 1.29 is 23.9 Å². The first-order chi connectivity index (χ1) is 34.1. The predicted molar refractivity (Wildman–Crippen MR) is 277 cm³/mol. The third kappa shape index (κ3) is 10.5. The van der Waals surface area contributed by atoms with Crippen molar-refractivity contribution in [3.8, 4) is 22.6 Å². The van der Waals surface area contributed by atoms with E-state index in [4.69, 9.17) is 9.72 Å². The summed E-state index contributed by atoms with van der Waals surface area (Å²) in [4.78, 5) is 73.2. The molecule has 3 aromatic heterocycles. The summed E-state index contributed by atoms with van der Waals surface area (Å²) in [5, 5.41) is 5.88. The number of nitrogens with zero attached hydrogens (tertiary/aromatic N) is 7. The number of aromatic nitrogens is 6. The molecule has 2 unspecified atom stereocenters. The van der Waals surface area contributed by atoms with E-state index in [0.29, 0.717) is 42.0 Å². The van der Waals surface area contributed by atoms with E-state index in [9.17, 15) is 19.2 Å². The largest absolute Gasteiger partial charge is 0.443 e. The van der Waals surface area contributed by atoms with Gasteiger partial charge in [-0.2, -0.15) is 0 Å². The molecule has 0 bridgehead atoms. The second-order valence-electron chi connectivity index (χ2n) is 18.2. The Kier molecular flexibility index (Phi) is 14.0. The van der Waals surface area contributed by atoms with Gasteiger partial charge in [-0.25, -0.2) is 34.6 Å². The average molecular weight is 1080 g/mol. The van der Waals surface area contributed by atoms with Crippen molar-refractivity contribution in [1.82, 2.24) is 45.0 Å². The standard InChI is InChI=1S/C27H23N7O.C20H20BrNO3.C8H6BrNO/c1-3-34-25(19-13-28-16(2)29-14-19)33-24-23(30-15-31-26(24)34)18-9-10-20-21(12-18)22(32-27(20)35)11-17-7-5-4-6-8-17;1-20(2,3)25-19(24)22-17(11-13-7-5-4-6-8-13)16-12-14(21)9-10-15(16)18(22)23;9-6-1-2-7-5(3-6)4-10-8(7)11/h4-10,12-15,22H,3,11H2,1-2H3,(H,32,35);4-10,12,17H,11H2,1-3H3;1-3H,4H2,(H,10,11). The second-order valence-corrected chi connectivity index (χ2v) is 20.0. The highest BCUT2D eigenvalue weighted by molar-refractivity contribution is 9.10. The van der Waals surface area contributed by atoms with Gasteiger partial charge in [-0.15, -0.1) is 0 Å². The molecule has 0 fully saturated rings. The van der Waals surface area contributed by atoms with Crippen molar-refractivity contribution in [1.29, 1.82) is 0 Å². The van der Waals surface area contributed by atoms with Crippen LogP contribution in [0.1, 0.15) is 104 Å². The molecule has 0 spiro atoms. The van der Waals surface area contributed by atoms with Gasteiger partial charge in [0.1, 0.15) is 34.8 Å². The van der Waals surface area contributed by atoms with Crippen LogP contribution in [0.15, 0.2) is 143 Å². The number of ether oxygens (including phenoxy) is 1. The number of benzene rings is 5. The van der Waals surface area contributed by atoms with Crippen LogP contribution in [0.4, 0.5) is 4.79 Å². The Labute approximate surface area is 427 Å². The lowest BCUT2D eigenvalue weighted by atomic mass is 9.95. The fraction of sp³-hybridized carbons (Fsp3) is 0.218. The molecule has 11 rings (SSSR count). The van der Waals surface area contributed by atoms with Crippen LogP contribution >= 0.6 is 31.9 Å². The van der Waals surface area contributed by atoms with Gasteiger partial charge in [0.15, 0.2) is 5.65 Å². The van der Waals surface area contributed by atoms with E-state index in [-0.39, 0.29) is 29.8 Å². The molecule has 2 atom stereocenters.